The Labute approximate surface area is 208 Å². The predicted octanol–water partition coefficient (Wildman–Crippen LogP) is 3.32. The first-order chi connectivity index (χ1) is 17.2. The second-order valence-electron chi connectivity index (χ2n) is 8.08. The molecule has 1 aliphatic rings. The lowest BCUT2D eigenvalue weighted by molar-refractivity contribution is -0.143. The van der Waals surface area contributed by atoms with Gasteiger partial charge >= 0.3 is 5.97 Å². The van der Waals surface area contributed by atoms with Crippen molar-refractivity contribution in [3.05, 3.63) is 47.2 Å². The van der Waals surface area contributed by atoms with Gasteiger partial charge in [0.25, 0.3) is 5.91 Å². The molecule has 36 heavy (non-hydrogen) atoms. The molecule has 3 rings (SSSR count). The van der Waals surface area contributed by atoms with Crippen LogP contribution in [0.1, 0.15) is 36.2 Å². The largest absolute Gasteiger partial charge is 0.493 e. The molecule has 0 aromatic heterocycles. The fourth-order valence-electron chi connectivity index (χ4n) is 3.68. The number of hydrogen-bond donors (Lipinski definition) is 2. The van der Waals surface area contributed by atoms with Crippen LogP contribution in [0, 0.1) is 5.92 Å². The molecule has 1 aliphatic heterocycles. The highest BCUT2D eigenvalue weighted by molar-refractivity contribution is 6.14. The standard InChI is InChI=1S/C26H29NO9/c1-6-14(2)22(26(30)31)27-21(28)13-35-16-8-9-17-19(12-16)36-20(23(17)29)11-15-7-10-18(32-3)25(34-5)24(15)33-4/h7-12,14,22H,6,13H2,1-5H3,(H,27,28)(H,30,31). The predicted molar refractivity (Wildman–Crippen MR) is 130 cm³/mol. The maximum atomic E-state index is 12.9. The molecule has 0 bridgehead atoms. The number of rotatable bonds is 11. The number of benzene rings is 2. The van der Waals surface area contributed by atoms with Crippen LogP contribution in [0.5, 0.6) is 28.7 Å². The monoisotopic (exact) mass is 499 g/mol. The molecular formula is C26H29NO9. The van der Waals surface area contributed by atoms with Crippen molar-refractivity contribution >= 4 is 23.7 Å². The van der Waals surface area contributed by atoms with Gasteiger partial charge in [-0.15, -0.1) is 0 Å². The van der Waals surface area contributed by atoms with Gasteiger partial charge in [0.05, 0.1) is 26.9 Å². The number of amides is 1. The van der Waals surface area contributed by atoms with E-state index < -0.39 is 24.5 Å². The molecule has 10 heteroatoms. The number of carboxylic acid groups (broad SMARTS) is 1. The summed E-state index contributed by atoms with van der Waals surface area (Å²) in [5, 5.41) is 11.8. The minimum Gasteiger partial charge on any atom is -0.493 e. The number of hydrogen-bond acceptors (Lipinski definition) is 8. The smallest absolute Gasteiger partial charge is 0.326 e. The molecular weight excluding hydrogens is 470 g/mol. The summed E-state index contributed by atoms with van der Waals surface area (Å²) in [5.41, 5.74) is 0.883. The van der Waals surface area contributed by atoms with E-state index in [9.17, 15) is 19.5 Å². The Balaban J connectivity index is 1.74. The van der Waals surface area contributed by atoms with Crippen molar-refractivity contribution in [2.45, 2.75) is 26.3 Å². The van der Waals surface area contributed by atoms with Crippen LogP contribution in [0.15, 0.2) is 36.1 Å². The van der Waals surface area contributed by atoms with Gasteiger partial charge in [0.15, 0.2) is 23.9 Å². The molecule has 2 unspecified atom stereocenters. The molecule has 2 aromatic rings. The van der Waals surface area contributed by atoms with Crippen molar-refractivity contribution in [1.29, 1.82) is 0 Å². The zero-order chi connectivity index (χ0) is 26.4. The van der Waals surface area contributed by atoms with E-state index in [1.54, 1.807) is 19.1 Å². The fraction of sp³-hybridized carbons (Fsp3) is 0.346. The molecule has 0 saturated carbocycles. The Hall–Kier alpha value is -4.21. The van der Waals surface area contributed by atoms with Gasteiger partial charge in [-0.1, -0.05) is 20.3 Å². The van der Waals surface area contributed by atoms with Gasteiger partial charge in [0.1, 0.15) is 17.5 Å². The summed E-state index contributed by atoms with van der Waals surface area (Å²) in [6, 6.07) is 6.97. The molecule has 192 valence electrons. The quantitative estimate of drug-likeness (QED) is 0.447. The van der Waals surface area contributed by atoms with Crippen molar-refractivity contribution in [3.63, 3.8) is 0 Å². The van der Waals surface area contributed by atoms with Crippen LogP contribution >= 0.6 is 0 Å². The lowest BCUT2D eigenvalue weighted by Gasteiger charge is -2.20. The van der Waals surface area contributed by atoms with Crippen molar-refractivity contribution < 1.29 is 43.2 Å². The van der Waals surface area contributed by atoms with Gasteiger partial charge in [-0.25, -0.2) is 4.79 Å². The third-order valence-corrected chi connectivity index (χ3v) is 5.83. The number of methoxy groups -OCH3 is 3. The summed E-state index contributed by atoms with van der Waals surface area (Å²) in [5.74, 6) is -0.373. The van der Waals surface area contributed by atoms with E-state index in [0.717, 1.165) is 0 Å². The Morgan fingerprint density at radius 1 is 1.08 bits per heavy atom. The third-order valence-electron chi connectivity index (χ3n) is 5.83. The van der Waals surface area contributed by atoms with Gasteiger partial charge in [-0.05, 0) is 36.3 Å². The Morgan fingerprint density at radius 2 is 1.81 bits per heavy atom. The molecule has 0 aliphatic carbocycles. The zero-order valence-corrected chi connectivity index (χ0v) is 20.7. The van der Waals surface area contributed by atoms with Crippen molar-refractivity contribution in [2.24, 2.45) is 5.92 Å². The molecule has 2 N–H and O–H groups in total. The number of carbonyl (C=O) groups excluding carboxylic acids is 2. The highest BCUT2D eigenvalue weighted by atomic mass is 16.5. The first kappa shape index (κ1) is 26.4. The molecule has 2 atom stereocenters. The Kier molecular flexibility index (Phi) is 8.42. The van der Waals surface area contributed by atoms with Crippen LogP contribution in [0.25, 0.3) is 6.08 Å². The van der Waals surface area contributed by atoms with Crippen LogP contribution in [-0.4, -0.2) is 56.7 Å². The van der Waals surface area contributed by atoms with E-state index in [2.05, 4.69) is 5.32 Å². The average molecular weight is 500 g/mol. The Bertz CT molecular complexity index is 1190. The highest BCUT2D eigenvalue weighted by Gasteiger charge is 2.29. The van der Waals surface area contributed by atoms with Crippen LogP contribution in [0.3, 0.4) is 0 Å². The summed E-state index contributed by atoms with van der Waals surface area (Å²) >= 11 is 0. The minimum atomic E-state index is -1.10. The molecule has 0 spiro atoms. The number of ketones is 1. The molecule has 0 fully saturated rings. The molecule has 10 nitrogen and oxygen atoms in total. The van der Waals surface area contributed by atoms with Crippen LogP contribution in [0.4, 0.5) is 0 Å². The van der Waals surface area contributed by atoms with E-state index in [-0.39, 0.29) is 29.0 Å². The van der Waals surface area contributed by atoms with E-state index in [0.29, 0.717) is 34.8 Å². The van der Waals surface area contributed by atoms with Crippen molar-refractivity contribution in [2.75, 3.05) is 27.9 Å². The number of aliphatic carboxylic acids is 1. The fourth-order valence-corrected chi connectivity index (χ4v) is 3.68. The first-order valence-corrected chi connectivity index (χ1v) is 11.3. The summed E-state index contributed by atoms with van der Waals surface area (Å²) < 4.78 is 27.4. The molecule has 1 amide bonds. The molecule has 0 saturated heterocycles. The summed E-state index contributed by atoms with van der Waals surface area (Å²) in [4.78, 5) is 36.5. The van der Waals surface area contributed by atoms with Gasteiger partial charge < -0.3 is 34.1 Å². The first-order valence-electron chi connectivity index (χ1n) is 11.3. The van der Waals surface area contributed by atoms with Crippen LogP contribution in [-0.2, 0) is 9.59 Å². The lowest BCUT2D eigenvalue weighted by atomic mass is 9.99. The van der Waals surface area contributed by atoms with Gasteiger partial charge in [-0.2, -0.15) is 0 Å². The second kappa shape index (κ2) is 11.5. The van der Waals surface area contributed by atoms with E-state index in [1.165, 1.54) is 45.6 Å². The lowest BCUT2D eigenvalue weighted by Crippen LogP contribution is -2.46. The third kappa shape index (κ3) is 5.54. The topological polar surface area (TPSA) is 130 Å². The van der Waals surface area contributed by atoms with Crippen LogP contribution in [0.2, 0.25) is 0 Å². The number of carbonyl (C=O) groups is 3. The molecule has 1 heterocycles. The second-order valence-corrected chi connectivity index (χ2v) is 8.08. The Morgan fingerprint density at radius 3 is 2.42 bits per heavy atom. The number of allylic oxidation sites excluding steroid dienone is 1. The van der Waals surface area contributed by atoms with Crippen LogP contribution < -0.4 is 29.0 Å². The van der Waals surface area contributed by atoms with Crippen molar-refractivity contribution in [3.8, 4) is 28.7 Å². The normalized spacial score (nSPS) is 14.9. The molecule has 2 aromatic carbocycles. The van der Waals surface area contributed by atoms with Gasteiger partial charge in [0.2, 0.25) is 11.5 Å². The zero-order valence-electron chi connectivity index (χ0n) is 20.7. The summed E-state index contributed by atoms with van der Waals surface area (Å²) in [7, 11) is 4.47. The minimum absolute atomic E-state index is 0.0725. The highest BCUT2D eigenvalue weighted by Crippen LogP contribution is 2.42. The number of ether oxygens (including phenoxy) is 5. The number of carboxylic acids is 1. The number of Topliss-reactive ketones (excluding diaryl/α,β-unsaturated/α-hetero) is 1. The maximum absolute atomic E-state index is 12.9. The summed E-state index contributed by atoms with van der Waals surface area (Å²) in [6.45, 7) is 3.20. The molecule has 0 radical (unpaired) electrons. The summed E-state index contributed by atoms with van der Waals surface area (Å²) in [6.07, 6.45) is 2.14. The van der Waals surface area contributed by atoms with E-state index in [1.807, 2.05) is 6.92 Å². The van der Waals surface area contributed by atoms with Gasteiger partial charge in [-0.3, -0.25) is 9.59 Å². The van der Waals surface area contributed by atoms with E-state index in [4.69, 9.17) is 23.7 Å². The van der Waals surface area contributed by atoms with E-state index >= 15 is 0 Å². The van der Waals surface area contributed by atoms with Gasteiger partial charge in [0, 0.05) is 11.6 Å². The average Bonchev–Trinajstić information content (AvgIpc) is 3.18. The number of nitrogens with one attached hydrogen (secondary N) is 1. The number of fused-ring (bicyclic) bond motifs is 1. The van der Waals surface area contributed by atoms with Crippen molar-refractivity contribution in [1.82, 2.24) is 5.32 Å². The SMILES string of the molecule is CCC(C)C(NC(=O)COc1ccc2c(c1)OC(=Cc1ccc(OC)c(OC)c1OC)C2=O)C(=O)O. The maximum Gasteiger partial charge on any atom is 0.326 e.